The van der Waals surface area contributed by atoms with Crippen LogP contribution in [0.1, 0.15) is 16.7 Å². The van der Waals surface area contributed by atoms with Gasteiger partial charge in [-0.2, -0.15) is 5.10 Å². The molecular weight excluding hydrogens is 294 g/mol. The molecule has 0 aliphatic rings. The third kappa shape index (κ3) is 5.18. The van der Waals surface area contributed by atoms with Crippen LogP contribution in [0.2, 0.25) is 0 Å². The Morgan fingerprint density at radius 2 is 2.00 bits per heavy atom. The zero-order chi connectivity index (χ0) is 15.8. The van der Waals surface area contributed by atoms with Crippen molar-refractivity contribution in [3.05, 3.63) is 65.2 Å². The van der Waals surface area contributed by atoms with Crippen molar-refractivity contribution in [2.45, 2.75) is 13.5 Å². The average Bonchev–Trinajstić information content (AvgIpc) is 2.54. The minimum absolute atomic E-state index is 0.481. The van der Waals surface area contributed by atoms with E-state index < -0.39 is 0 Å². The van der Waals surface area contributed by atoms with Gasteiger partial charge in [0.1, 0.15) is 12.4 Å². The molecular formula is C17H19N3OS. The van der Waals surface area contributed by atoms with Crippen molar-refractivity contribution in [2.24, 2.45) is 5.10 Å². The van der Waals surface area contributed by atoms with Gasteiger partial charge < -0.3 is 10.1 Å². The van der Waals surface area contributed by atoms with Crippen LogP contribution in [0, 0.1) is 6.92 Å². The van der Waals surface area contributed by atoms with E-state index in [0.29, 0.717) is 11.7 Å². The molecule has 0 radical (unpaired) electrons. The van der Waals surface area contributed by atoms with Crippen molar-refractivity contribution in [1.29, 1.82) is 0 Å². The van der Waals surface area contributed by atoms with Crippen molar-refractivity contribution >= 4 is 23.5 Å². The van der Waals surface area contributed by atoms with Gasteiger partial charge in [0.2, 0.25) is 0 Å². The molecule has 0 bridgehead atoms. The highest BCUT2D eigenvalue weighted by molar-refractivity contribution is 7.80. The van der Waals surface area contributed by atoms with Crippen LogP contribution in [-0.2, 0) is 6.61 Å². The second-order valence-electron chi connectivity index (χ2n) is 4.80. The first-order chi connectivity index (χ1) is 10.7. The number of nitrogens with zero attached hydrogens (tertiary/aromatic N) is 1. The quantitative estimate of drug-likeness (QED) is 0.506. The van der Waals surface area contributed by atoms with Gasteiger partial charge in [-0.15, -0.1) is 0 Å². The van der Waals surface area contributed by atoms with Gasteiger partial charge in [-0.05, 0) is 54.5 Å². The van der Waals surface area contributed by atoms with Crippen molar-refractivity contribution in [3.63, 3.8) is 0 Å². The summed E-state index contributed by atoms with van der Waals surface area (Å²) in [5.74, 6) is 0.831. The lowest BCUT2D eigenvalue weighted by Gasteiger charge is -2.07. The third-order valence-electron chi connectivity index (χ3n) is 2.97. The highest BCUT2D eigenvalue weighted by atomic mass is 32.1. The molecule has 2 aromatic carbocycles. The number of ether oxygens (including phenoxy) is 1. The summed E-state index contributed by atoms with van der Waals surface area (Å²) in [6.07, 6.45) is 1.70. The van der Waals surface area contributed by atoms with Gasteiger partial charge in [-0.3, -0.25) is 5.43 Å². The van der Waals surface area contributed by atoms with E-state index in [1.54, 1.807) is 13.3 Å². The van der Waals surface area contributed by atoms with Gasteiger partial charge in [0.25, 0.3) is 0 Å². The van der Waals surface area contributed by atoms with Gasteiger partial charge in [0, 0.05) is 7.05 Å². The summed E-state index contributed by atoms with van der Waals surface area (Å²) in [5, 5.41) is 7.29. The lowest BCUT2D eigenvalue weighted by atomic mass is 10.1. The second kappa shape index (κ2) is 8.14. The van der Waals surface area contributed by atoms with Gasteiger partial charge in [-0.1, -0.05) is 29.8 Å². The molecule has 0 amide bonds. The molecule has 0 spiro atoms. The van der Waals surface area contributed by atoms with Gasteiger partial charge in [-0.25, -0.2) is 0 Å². The topological polar surface area (TPSA) is 45.7 Å². The van der Waals surface area contributed by atoms with E-state index in [0.717, 1.165) is 16.9 Å². The molecule has 2 aromatic rings. The number of nitrogens with one attached hydrogen (secondary N) is 2. The van der Waals surface area contributed by atoms with Crippen LogP contribution in [0.3, 0.4) is 0 Å². The Balaban J connectivity index is 1.87. The molecule has 0 heterocycles. The molecule has 0 atom stereocenters. The molecule has 22 heavy (non-hydrogen) atoms. The molecule has 0 saturated carbocycles. The van der Waals surface area contributed by atoms with Gasteiger partial charge in [0.05, 0.1) is 6.21 Å². The Morgan fingerprint density at radius 3 is 2.68 bits per heavy atom. The summed E-state index contributed by atoms with van der Waals surface area (Å²) in [5.41, 5.74) is 6.07. The number of thiocarbonyl (C=S) groups is 1. The Labute approximate surface area is 136 Å². The predicted molar refractivity (Wildman–Crippen MR) is 94.3 cm³/mol. The molecule has 0 aliphatic heterocycles. The van der Waals surface area contributed by atoms with Gasteiger partial charge >= 0.3 is 0 Å². The lowest BCUT2D eigenvalue weighted by molar-refractivity contribution is 0.306. The Bertz CT molecular complexity index is 653. The molecule has 0 fully saturated rings. The number of benzene rings is 2. The first-order valence-electron chi connectivity index (χ1n) is 6.96. The standard InChI is InChI=1S/C17H19N3OS/c1-13-4-3-5-15(10-13)12-21-16-8-6-14(7-9-16)11-19-20-17(22)18-2/h3-11H,12H2,1-2H3,(H2,18,20,22). The smallest absolute Gasteiger partial charge is 0.186 e. The highest BCUT2D eigenvalue weighted by Crippen LogP contribution is 2.14. The Kier molecular flexibility index (Phi) is 5.91. The first-order valence-corrected chi connectivity index (χ1v) is 7.37. The number of aryl methyl sites for hydroxylation is 1. The summed E-state index contributed by atoms with van der Waals surface area (Å²) < 4.78 is 5.77. The zero-order valence-electron chi connectivity index (χ0n) is 12.7. The van der Waals surface area contributed by atoms with Crippen LogP contribution >= 0.6 is 12.2 Å². The fourth-order valence-corrected chi connectivity index (χ4v) is 1.89. The number of hydrogen-bond donors (Lipinski definition) is 2. The lowest BCUT2D eigenvalue weighted by Crippen LogP contribution is -2.28. The SMILES string of the molecule is CNC(=S)NN=Cc1ccc(OCc2cccc(C)c2)cc1. The largest absolute Gasteiger partial charge is 0.489 e. The van der Waals surface area contributed by atoms with Gasteiger partial charge in [0.15, 0.2) is 5.11 Å². The molecule has 5 heteroatoms. The Morgan fingerprint density at radius 1 is 1.23 bits per heavy atom. The molecule has 2 N–H and O–H groups in total. The number of rotatable bonds is 5. The first kappa shape index (κ1) is 16.0. The normalized spacial score (nSPS) is 10.5. The maximum Gasteiger partial charge on any atom is 0.186 e. The molecule has 0 unspecified atom stereocenters. The van der Waals surface area contributed by atoms with Crippen molar-refractivity contribution < 1.29 is 4.74 Å². The maximum atomic E-state index is 5.77. The summed E-state index contributed by atoms with van der Waals surface area (Å²) in [4.78, 5) is 0. The van der Waals surface area contributed by atoms with E-state index in [2.05, 4.69) is 41.0 Å². The minimum atomic E-state index is 0.481. The van der Waals surface area contributed by atoms with E-state index in [9.17, 15) is 0 Å². The van der Waals surface area contributed by atoms with Crippen LogP contribution < -0.4 is 15.5 Å². The van der Waals surface area contributed by atoms with Crippen LogP contribution in [-0.4, -0.2) is 18.4 Å². The fraction of sp³-hybridized carbons (Fsp3) is 0.176. The molecule has 4 nitrogen and oxygen atoms in total. The predicted octanol–water partition coefficient (Wildman–Crippen LogP) is 3.00. The van der Waals surface area contributed by atoms with E-state index >= 15 is 0 Å². The number of hydrazone groups is 1. The van der Waals surface area contributed by atoms with E-state index in [1.807, 2.05) is 30.3 Å². The average molecular weight is 313 g/mol. The van der Waals surface area contributed by atoms with Crippen molar-refractivity contribution in [3.8, 4) is 5.75 Å². The van der Waals surface area contributed by atoms with E-state index in [1.165, 1.54) is 5.56 Å². The monoisotopic (exact) mass is 313 g/mol. The molecule has 114 valence electrons. The van der Waals surface area contributed by atoms with Crippen LogP contribution in [0.25, 0.3) is 0 Å². The number of hydrogen-bond acceptors (Lipinski definition) is 3. The Hall–Kier alpha value is -2.40. The summed E-state index contributed by atoms with van der Waals surface area (Å²) in [6, 6.07) is 16.0. The molecule has 2 rings (SSSR count). The van der Waals surface area contributed by atoms with E-state index in [-0.39, 0.29) is 0 Å². The maximum absolute atomic E-state index is 5.77. The van der Waals surface area contributed by atoms with E-state index in [4.69, 9.17) is 17.0 Å². The minimum Gasteiger partial charge on any atom is -0.489 e. The van der Waals surface area contributed by atoms with Crippen molar-refractivity contribution in [1.82, 2.24) is 10.7 Å². The summed E-state index contributed by atoms with van der Waals surface area (Å²) in [6.45, 7) is 2.64. The highest BCUT2D eigenvalue weighted by Gasteiger charge is 1.97. The summed E-state index contributed by atoms with van der Waals surface area (Å²) in [7, 11) is 1.74. The molecule has 0 saturated heterocycles. The third-order valence-corrected chi connectivity index (χ3v) is 3.27. The second-order valence-corrected chi connectivity index (χ2v) is 5.20. The molecule has 0 aromatic heterocycles. The fourth-order valence-electron chi connectivity index (χ4n) is 1.84. The zero-order valence-corrected chi connectivity index (χ0v) is 13.5. The van der Waals surface area contributed by atoms with Crippen LogP contribution in [0.4, 0.5) is 0 Å². The summed E-state index contributed by atoms with van der Waals surface area (Å²) >= 11 is 4.93. The molecule has 0 aliphatic carbocycles. The van der Waals surface area contributed by atoms with Crippen molar-refractivity contribution in [2.75, 3.05) is 7.05 Å². The van der Waals surface area contributed by atoms with Crippen LogP contribution in [0.5, 0.6) is 5.75 Å². The van der Waals surface area contributed by atoms with Crippen LogP contribution in [0.15, 0.2) is 53.6 Å².